The molecule has 0 radical (unpaired) electrons. The summed E-state index contributed by atoms with van der Waals surface area (Å²) in [7, 11) is 0. The van der Waals surface area contributed by atoms with Crippen molar-refractivity contribution in [2.45, 2.75) is 37.9 Å². The molecule has 0 aliphatic rings. The third kappa shape index (κ3) is 5.13. The quantitative estimate of drug-likeness (QED) is 0.158. The number of carbonyl (C=O) groups is 1. The second kappa shape index (κ2) is 9.44. The summed E-state index contributed by atoms with van der Waals surface area (Å²) in [6, 6.07) is 25.1. The zero-order chi connectivity index (χ0) is 24.5. The van der Waals surface area contributed by atoms with Crippen LogP contribution in [0.5, 0.6) is 0 Å². The molecule has 2 unspecified atom stereocenters. The van der Waals surface area contributed by atoms with Gasteiger partial charge in [0.15, 0.2) is 0 Å². The SMILES string of the molecule is CC(C)(C)C([Se]c1ccccc1)C(=O)OC(c1c2ccccc2cc2ccccc12)C(F)(F)F. The molecule has 4 aromatic rings. The number of benzene rings is 4. The summed E-state index contributed by atoms with van der Waals surface area (Å²) in [5.74, 6) is -0.823. The molecule has 6 heteroatoms. The van der Waals surface area contributed by atoms with Crippen LogP contribution in [0.3, 0.4) is 0 Å². The minimum atomic E-state index is -4.77. The van der Waals surface area contributed by atoms with Gasteiger partial charge in [-0.3, -0.25) is 0 Å². The Morgan fingerprint density at radius 2 is 1.29 bits per heavy atom. The summed E-state index contributed by atoms with van der Waals surface area (Å²) in [6.45, 7) is 5.58. The first-order valence-corrected chi connectivity index (χ1v) is 12.8. The molecular weight excluding hydrogens is 504 g/mol. The first-order valence-electron chi connectivity index (χ1n) is 10.9. The van der Waals surface area contributed by atoms with Crippen LogP contribution in [-0.4, -0.2) is 27.1 Å². The van der Waals surface area contributed by atoms with E-state index in [2.05, 4.69) is 0 Å². The molecule has 0 aromatic heterocycles. The predicted octanol–water partition coefficient (Wildman–Crippen LogP) is 7.00. The maximum atomic E-state index is 14.5. The van der Waals surface area contributed by atoms with Crippen LogP contribution >= 0.6 is 0 Å². The molecule has 0 saturated heterocycles. The van der Waals surface area contributed by atoms with Gasteiger partial charge < -0.3 is 0 Å². The fraction of sp³-hybridized carbons (Fsp3) is 0.250. The van der Waals surface area contributed by atoms with Gasteiger partial charge in [-0.15, -0.1) is 0 Å². The van der Waals surface area contributed by atoms with Crippen molar-refractivity contribution in [3.8, 4) is 0 Å². The van der Waals surface area contributed by atoms with Crippen LogP contribution in [-0.2, 0) is 9.53 Å². The molecule has 34 heavy (non-hydrogen) atoms. The summed E-state index contributed by atoms with van der Waals surface area (Å²) in [4.78, 5) is 12.7. The van der Waals surface area contributed by atoms with Gasteiger partial charge in [-0.1, -0.05) is 0 Å². The van der Waals surface area contributed by atoms with E-state index in [0.29, 0.717) is 21.5 Å². The molecule has 0 aliphatic heterocycles. The Morgan fingerprint density at radius 3 is 1.79 bits per heavy atom. The Hall–Kier alpha value is -2.82. The first-order chi connectivity index (χ1) is 16.1. The van der Waals surface area contributed by atoms with E-state index in [9.17, 15) is 18.0 Å². The number of alkyl halides is 3. The van der Waals surface area contributed by atoms with Gasteiger partial charge in [0.05, 0.1) is 0 Å². The second-order valence-electron chi connectivity index (χ2n) is 9.27. The van der Waals surface area contributed by atoms with Crippen molar-refractivity contribution in [2.75, 3.05) is 0 Å². The zero-order valence-electron chi connectivity index (χ0n) is 19.1. The van der Waals surface area contributed by atoms with Crippen LogP contribution in [0, 0.1) is 5.41 Å². The van der Waals surface area contributed by atoms with E-state index in [1.54, 1.807) is 48.5 Å². The molecule has 2 nitrogen and oxygen atoms in total. The number of ether oxygens (including phenoxy) is 1. The number of hydrogen-bond acceptors (Lipinski definition) is 2. The van der Waals surface area contributed by atoms with Crippen molar-refractivity contribution in [1.82, 2.24) is 0 Å². The van der Waals surface area contributed by atoms with E-state index in [-0.39, 0.29) is 5.56 Å². The predicted molar refractivity (Wildman–Crippen MR) is 131 cm³/mol. The Kier molecular flexibility index (Phi) is 6.75. The first kappa shape index (κ1) is 24.3. The van der Waals surface area contributed by atoms with Crippen LogP contribution in [0.25, 0.3) is 21.5 Å². The third-order valence-electron chi connectivity index (χ3n) is 5.60. The van der Waals surface area contributed by atoms with Crippen LogP contribution in [0.2, 0.25) is 4.82 Å². The van der Waals surface area contributed by atoms with Gasteiger partial charge in [0.2, 0.25) is 0 Å². The fourth-order valence-corrected chi connectivity index (χ4v) is 6.30. The number of carbonyl (C=O) groups excluding carboxylic acids is 1. The van der Waals surface area contributed by atoms with Gasteiger partial charge in [0.25, 0.3) is 0 Å². The average molecular weight is 529 g/mol. The Morgan fingerprint density at radius 1 is 0.794 bits per heavy atom. The van der Waals surface area contributed by atoms with Crippen LogP contribution in [0.4, 0.5) is 13.2 Å². The standard InChI is InChI=1S/C28H25F3O2Se/c1-27(2,3)25(34-20-13-5-4-6-14-20)26(32)33-24(28(29,30)31)23-21-15-9-7-11-18(21)17-19-12-8-10-16-22(19)23/h4-17,24-25H,1-3H3. The molecule has 2 atom stereocenters. The summed E-state index contributed by atoms with van der Waals surface area (Å²) < 4.78 is 50.0. The van der Waals surface area contributed by atoms with Crippen molar-refractivity contribution in [1.29, 1.82) is 0 Å². The third-order valence-corrected chi connectivity index (χ3v) is 9.13. The summed E-state index contributed by atoms with van der Waals surface area (Å²) in [6.07, 6.45) is -7.14. The molecular formula is C28H25F3O2Se. The Bertz CT molecular complexity index is 1260. The Balaban J connectivity index is 1.82. The van der Waals surface area contributed by atoms with Gasteiger partial charge in [0, 0.05) is 0 Å². The Labute approximate surface area is 203 Å². The van der Waals surface area contributed by atoms with Crippen molar-refractivity contribution >= 4 is 46.9 Å². The van der Waals surface area contributed by atoms with E-state index >= 15 is 0 Å². The van der Waals surface area contributed by atoms with Gasteiger partial charge in [-0.2, -0.15) is 0 Å². The maximum absolute atomic E-state index is 14.5. The van der Waals surface area contributed by atoms with E-state index in [1.165, 1.54) is 0 Å². The van der Waals surface area contributed by atoms with Crippen LogP contribution < -0.4 is 4.46 Å². The van der Waals surface area contributed by atoms with Gasteiger partial charge in [-0.05, 0) is 0 Å². The van der Waals surface area contributed by atoms with Crippen molar-refractivity contribution in [3.05, 3.63) is 90.5 Å². The summed E-state index contributed by atoms with van der Waals surface area (Å²) in [5, 5.41) is 2.19. The van der Waals surface area contributed by atoms with Crippen molar-refractivity contribution in [3.63, 3.8) is 0 Å². The van der Waals surface area contributed by atoms with E-state index in [4.69, 9.17) is 4.74 Å². The molecule has 0 heterocycles. The van der Waals surface area contributed by atoms with Crippen molar-refractivity contribution in [2.24, 2.45) is 5.41 Å². The molecule has 0 saturated carbocycles. The van der Waals surface area contributed by atoms with Gasteiger partial charge in [0.1, 0.15) is 0 Å². The van der Waals surface area contributed by atoms with E-state index < -0.39 is 43.4 Å². The summed E-state index contributed by atoms with van der Waals surface area (Å²) in [5.41, 5.74) is -0.585. The molecule has 0 N–H and O–H groups in total. The van der Waals surface area contributed by atoms with Gasteiger partial charge in [-0.25, -0.2) is 0 Å². The number of halogens is 3. The number of esters is 1. The van der Waals surface area contributed by atoms with E-state index in [0.717, 1.165) is 4.46 Å². The molecule has 0 fully saturated rings. The van der Waals surface area contributed by atoms with Crippen molar-refractivity contribution < 1.29 is 22.7 Å². The molecule has 4 rings (SSSR count). The monoisotopic (exact) mass is 530 g/mol. The molecule has 0 amide bonds. The molecule has 0 bridgehead atoms. The minimum absolute atomic E-state index is 0.0191. The van der Waals surface area contributed by atoms with Gasteiger partial charge >= 0.3 is 203 Å². The van der Waals surface area contributed by atoms with Crippen LogP contribution in [0.1, 0.15) is 32.4 Å². The topological polar surface area (TPSA) is 26.3 Å². The van der Waals surface area contributed by atoms with Crippen LogP contribution in [0.15, 0.2) is 84.9 Å². The molecule has 176 valence electrons. The molecule has 0 aliphatic carbocycles. The zero-order valence-corrected chi connectivity index (χ0v) is 20.8. The summed E-state index contributed by atoms with van der Waals surface area (Å²) >= 11 is -0.395. The molecule has 4 aromatic carbocycles. The normalized spacial score (nSPS) is 14.2. The number of hydrogen-bond donors (Lipinski definition) is 0. The second-order valence-corrected chi connectivity index (χ2v) is 11.7. The number of rotatable bonds is 5. The average Bonchev–Trinajstić information content (AvgIpc) is 2.79. The molecule has 0 spiro atoms. The fourth-order valence-electron chi connectivity index (χ4n) is 4.01. The van der Waals surface area contributed by atoms with E-state index in [1.807, 2.05) is 57.2 Å². The number of fused-ring (bicyclic) bond motifs is 2.